The fourth-order valence-corrected chi connectivity index (χ4v) is 4.56. The monoisotopic (exact) mass is 478 g/mol. The summed E-state index contributed by atoms with van der Waals surface area (Å²) in [5.41, 5.74) is 2.63. The molecule has 0 bridgehead atoms. The molecule has 0 radical (unpaired) electrons. The molecule has 2 aromatic rings. The molecule has 35 heavy (non-hydrogen) atoms. The topological polar surface area (TPSA) is 70.1 Å². The molecule has 0 aromatic heterocycles. The normalized spacial score (nSPS) is 17.6. The maximum absolute atomic E-state index is 13.2. The smallest absolute Gasteiger partial charge is 0.295 e. The van der Waals surface area contributed by atoms with Gasteiger partial charge in [0.1, 0.15) is 11.5 Å². The minimum absolute atomic E-state index is 0.138. The van der Waals surface area contributed by atoms with Crippen molar-refractivity contribution in [1.82, 2.24) is 9.80 Å². The highest BCUT2D eigenvalue weighted by molar-refractivity contribution is 6.46. The minimum atomic E-state index is -0.642. The number of aliphatic hydroxyl groups excluding tert-OH is 1. The average molecular weight is 479 g/mol. The number of likely N-dealkylation sites (tertiary alicyclic amines) is 1. The van der Waals surface area contributed by atoms with E-state index in [1.54, 1.807) is 29.2 Å². The van der Waals surface area contributed by atoms with E-state index in [0.717, 1.165) is 31.6 Å². The lowest BCUT2D eigenvalue weighted by Gasteiger charge is -2.27. The molecule has 1 N–H and O–H groups in total. The van der Waals surface area contributed by atoms with E-state index in [9.17, 15) is 14.7 Å². The van der Waals surface area contributed by atoms with Crippen molar-refractivity contribution in [3.63, 3.8) is 0 Å². The molecule has 1 amide bonds. The number of carbonyl (C=O) groups excluding carboxylic acids is 2. The molecule has 3 rings (SSSR count). The van der Waals surface area contributed by atoms with Crippen molar-refractivity contribution >= 4 is 17.4 Å². The van der Waals surface area contributed by atoms with Crippen molar-refractivity contribution in [3.8, 4) is 5.75 Å². The lowest BCUT2D eigenvalue weighted by Crippen LogP contribution is -2.33. The minimum Gasteiger partial charge on any atom is -0.507 e. The van der Waals surface area contributed by atoms with Crippen LogP contribution in [0, 0.1) is 0 Å². The number of hydrogen-bond acceptors (Lipinski definition) is 5. The Morgan fingerprint density at radius 1 is 1.00 bits per heavy atom. The molecular weight excluding hydrogens is 440 g/mol. The van der Waals surface area contributed by atoms with Crippen LogP contribution in [-0.2, 0) is 9.59 Å². The Morgan fingerprint density at radius 2 is 1.63 bits per heavy atom. The first-order valence-electron chi connectivity index (χ1n) is 12.7. The number of aliphatic hydroxyl groups is 1. The molecular formula is C29H38N2O4. The summed E-state index contributed by atoms with van der Waals surface area (Å²) in [7, 11) is 0. The van der Waals surface area contributed by atoms with E-state index in [4.69, 9.17) is 4.74 Å². The highest BCUT2D eigenvalue weighted by atomic mass is 16.5. The van der Waals surface area contributed by atoms with Gasteiger partial charge in [0, 0.05) is 12.1 Å². The van der Waals surface area contributed by atoms with Crippen LogP contribution in [0.1, 0.15) is 69.7 Å². The zero-order chi connectivity index (χ0) is 25.5. The zero-order valence-corrected chi connectivity index (χ0v) is 21.6. The Balaban J connectivity index is 2.01. The third kappa shape index (κ3) is 5.93. The van der Waals surface area contributed by atoms with Gasteiger partial charge in [-0.05, 0) is 74.3 Å². The summed E-state index contributed by atoms with van der Waals surface area (Å²) >= 11 is 0. The molecule has 1 aliphatic rings. The van der Waals surface area contributed by atoms with E-state index >= 15 is 0 Å². The van der Waals surface area contributed by atoms with Gasteiger partial charge in [-0.3, -0.25) is 9.59 Å². The molecule has 188 valence electrons. The van der Waals surface area contributed by atoms with Gasteiger partial charge in [0.25, 0.3) is 11.7 Å². The zero-order valence-electron chi connectivity index (χ0n) is 21.6. The van der Waals surface area contributed by atoms with Crippen LogP contribution in [0.5, 0.6) is 5.75 Å². The summed E-state index contributed by atoms with van der Waals surface area (Å²) in [6, 6.07) is 14.3. The van der Waals surface area contributed by atoms with Crippen molar-refractivity contribution in [3.05, 3.63) is 70.8 Å². The standard InChI is InChI=1S/C29H38N2O4/c1-6-30(7-2)18-9-19-31-26(22-12-10-21(11-13-22)20(4)5)25(28(33)29(31)34)27(32)23-14-16-24(17-15-23)35-8-3/h10-17,20,26,32H,6-9,18-19H2,1-5H3/b27-25+. The number of nitrogens with zero attached hydrogens (tertiary/aromatic N) is 2. The number of rotatable bonds is 11. The number of hydrogen-bond donors (Lipinski definition) is 1. The molecule has 1 aliphatic heterocycles. The summed E-state index contributed by atoms with van der Waals surface area (Å²) in [4.78, 5) is 30.3. The molecule has 1 fully saturated rings. The van der Waals surface area contributed by atoms with Crippen molar-refractivity contribution < 1.29 is 19.4 Å². The summed E-state index contributed by atoms with van der Waals surface area (Å²) in [5.74, 6) is -0.308. The number of ether oxygens (including phenoxy) is 1. The van der Waals surface area contributed by atoms with Gasteiger partial charge in [-0.25, -0.2) is 0 Å². The molecule has 1 heterocycles. The van der Waals surface area contributed by atoms with E-state index in [2.05, 4.69) is 32.6 Å². The van der Waals surface area contributed by atoms with Crippen molar-refractivity contribution in [2.45, 2.75) is 53.0 Å². The molecule has 2 aromatic carbocycles. The quantitative estimate of drug-likeness (QED) is 0.267. The fourth-order valence-electron chi connectivity index (χ4n) is 4.56. The molecule has 1 unspecified atom stereocenters. The number of Topliss-reactive ketones (excluding diaryl/α,β-unsaturated/α-hetero) is 1. The fraction of sp³-hybridized carbons (Fsp3) is 0.448. The third-order valence-corrected chi connectivity index (χ3v) is 6.67. The van der Waals surface area contributed by atoms with Crippen molar-refractivity contribution in [2.24, 2.45) is 0 Å². The first-order chi connectivity index (χ1) is 16.8. The van der Waals surface area contributed by atoms with Crippen LogP contribution in [-0.4, -0.2) is 59.4 Å². The lowest BCUT2D eigenvalue weighted by atomic mass is 9.93. The maximum Gasteiger partial charge on any atom is 0.295 e. The van der Waals surface area contributed by atoms with Gasteiger partial charge in [0.2, 0.25) is 0 Å². The van der Waals surface area contributed by atoms with Crippen molar-refractivity contribution in [2.75, 3.05) is 32.8 Å². The summed E-state index contributed by atoms with van der Waals surface area (Å²) < 4.78 is 5.49. The van der Waals surface area contributed by atoms with Crippen LogP contribution in [0.25, 0.3) is 5.76 Å². The molecule has 0 spiro atoms. The molecule has 6 heteroatoms. The van der Waals surface area contributed by atoms with E-state index < -0.39 is 17.7 Å². The van der Waals surface area contributed by atoms with Crippen LogP contribution >= 0.6 is 0 Å². The highest BCUT2D eigenvalue weighted by Crippen LogP contribution is 2.40. The van der Waals surface area contributed by atoms with Crippen LogP contribution in [0.3, 0.4) is 0 Å². The second kappa shape index (κ2) is 12.0. The Kier molecular flexibility index (Phi) is 9.10. The van der Waals surface area contributed by atoms with Crippen molar-refractivity contribution in [1.29, 1.82) is 0 Å². The van der Waals surface area contributed by atoms with Gasteiger partial charge < -0.3 is 19.6 Å². The molecule has 0 saturated carbocycles. The van der Waals surface area contributed by atoms with Crippen LogP contribution in [0.4, 0.5) is 0 Å². The Labute approximate surface area is 209 Å². The average Bonchev–Trinajstić information content (AvgIpc) is 3.12. The lowest BCUT2D eigenvalue weighted by molar-refractivity contribution is -0.140. The van der Waals surface area contributed by atoms with Gasteiger partial charge in [0.15, 0.2) is 0 Å². The van der Waals surface area contributed by atoms with Crippen LogP contribution < -0.4 is 4.74 Å². The van der Waals surface area contributed by atoms with E-state index in [0.29, 0.717) is 30.4 Å². The number of benzene rings is 2. The molecule has 1 saturated heterocycles. The first-order valence-corrected chi connectivity index (χ1v) is 12.7. The summed E-state index contributed by atoms with van der Waals surface area (Å²) in [5, 5.41) is 11.2. The predicted octanol–water partition coefficient (Wildman–Crippen LogP) is 5.36. The Morgan fingerprint density at radius 3 is 2.17 bits per heavy atom. The van der Waals surface area contributed by atoms with E-state index in [1.165, 1.54) is 5.56 Å². The molecule has 0 aliphatic carbocycles. The van der Waals surface area contributed by atoms with E-state index in [-0.39, 0.29) is 11.3 Å². The second-order valence-electron chi connectivity index (χ2n) is 9.15. The summed E-state index contributed by atoms with van der Waals surface area (Å²) in [6.45, 7) is 14.1. The first kappa shape index (κ1) is 26.5. The third-order valence-electron chi connectivity index (χ3n) is 6.67. The van der Waals surface area contributed by atoms with Gasteiger partial charge in [0.05, 0.1) is 18.2 Å². The highest BCUT2D eigenvalue weighted by Gasteiger charge is 2.45. The number of carbonyl (C=O) groups is 2. The number of ketones is 1. The summed E-state index contributed by atoms with van der Waals surface area (Å²) in [6.07, 6.45) is 0.748. The molecule has 1 atom stereocenters. The van der Waals surface area contributed by atoms with Gasteiger partial charge in [-0.15, -0.1) is 0 Å². The van der Waals surface area contributed by atoms with E-state index in [1.807, 2.05) is 31.2 Å². The van der Waals surface area contributed by atoms with Crippen LogP contribution in [0.15, 0.2) is 54.1 Å². The van der Waals surface area contributed by atoms with Gasteiger partial charge >= 0.3 is 0 Å². The van der Waals surface area contributed by atoms with Crippen LogP contribution in [0.2, 0.25) is 0 Å². The Hall–Kier alpha value is -3.12. The number of amides is 1. The van der Waals surface area contributed by atoms with Gasteiger partial charge in [-0.1, -0.05) is 52.0 Å². The van der Waals surface area contributed by atoms with Gasteiger partial charge in [-0.2, -0.15) is 0 Å². The SMILES string of the molecule is CCOc1ccc(/C(O)=C2\C(=O)C(=O)N(CCCN(CC)CC)C2c2ccc(C(C)C)cc2)cc1. The second-order valence-corrected chi connectivity index (χ2v) is 9.15. The largest absolute Gasteiger partial charge is 0.507 e. The maximum atomic E-state index is 13.2. The predicted molar refractivity (Wildman–Crippen MR) is 140 cm³/mol. The molecule has 6 nitrogen and oxygen atoms in total. The Bertz CT molecular complexity index is 1040.